The molecule has 2 fully saturated rings. The van der Waals surface area contributed by atoms with Crippen molar-refractivity contribution < 1.29 is 4.79 Å². The van der Waals surface area contributed by atoms with E-state index in [9.17, 15) is 4.79 Å². The number of hydrogen-bond acceptors (Lipinski definition) is 4. The highest BCUT2D eigenvalue weighted by Crippen LogP contribution is 2.32. The Balaban J connectivity index is 1.88. The van der Waals surface area contributed by atoms with Crippen LogP contribution in [0.5, 0.6) is 0 Å². The Morgan fingerprint density at radius 1 is 1.45 bits per heavy atom. The van der Waals surface area contributed by atoms with Gasteiger partial charge in [0.15, 0.2) is 0 Å². The predicted octanol–water partition coefficient (Wildman–Crippen LogP) is 1.29. The third-order valence-corrected chi connectivity index (χ3v) is 4.55. The largest absolute Gasteiger partial charge is 0.365 e. The summed E-state index contributed by atoms with van der Waals surface area (Å²) >= 11 is 0. The van der Waals surface area contributed by atoms with Crippen molar-refractivity contribution in [2.45, 2.75) is 50.7 Å². The molecule has 5 heteroatoms. The lowest BCUT2D eigenvalue weighted by atomic mass is 9.97. The molecule has 1 aromatic rings. The van der Waals surface area contributed by atoms with Gasteiger partial charge in [-0.2, -0.15) is 0 Å². The van der Waals surface area contributed by atoms with Crippen molar-refractivity contribution in [3.8, 4) is 0 Å². The topological polar surface area (TPSA) is 71.2 Å². The standard InChI is InChI=1S/C15H22N4O/c1-2-19(12-8-10-5-6-11(9-12)18-10)15-13(14(16)20)4-3-7-17-15/h3-4,7,10-12,18H,2,5-6,8-9H2,1H3,(H2,16,20). The van der Waals surface area contributed by atoms with Gasteiger partial charge in [-0.3, -0.25) is 4.79 Å². The number of nitrogens with two attached hydrogens (primary N) is 1. The second kappa shape index (κ2) is 5.40. The molecule has 1 amide bonds. The van der Waals surface area contributed by atoms with Gasteiger partial charge in [0.05, 0.1) is 5.56 Å². The van der Waals surface area contributed by atoms with Gasteiger partial charge in [0.25, 0.3) is 5.91 Å². The average molecular weight is 274 g/mol. The molecule has 0 radical (unpaired) electrons. The lowest BCUT2D eigenvalue weighted by Crippen LogP contribution is -2.49. The highest BCUT2D eigenvalue weighted by molar-refractivity contribution is 5.97. The molecule has 0 spiro atoms. The Morgan fingerprint density at radius 3 is 2.75 bits per heavy atom. The van der Waals surface area contributed by atoms with E-state index in [1.165, 1.54) is 12.8 Å². The van der Waals surface area contributed by atoms with Crippen molar-refractivity contribution in [2.75, 3.05) is 11.4 Å². The zero-order chi connectivity index (χ0) is 14.1. The second-order valence-electron chi connectivity index (χ2n) is 5.79. The lowest BCUT2D eigenvalue weighted by Gasteiger charge is -2.38. The first-order chi connectivity index (χ1) is 9.69. The van der Waals surface area contributed by atoms with E-state index in [1.807, 2.05) is 0 Å². The Kier molecular flexibility index (Phi) is 3.61. The number of aromatic nitrogens is 1. The van der Waals surface area contributed by atoms with Gasteiger partial charge in [-0.05, 0) is 44.7 Å². The van der Waals surface area contributed by atoms with Gasteiger partial charge in [-0.25, -0.2) is 4.98 Å². The van der Waals surface area contributed by atoms with E-state index in [0.717, 1.165) is 25.2 Å². The molecule has 3 heterocycles. The van der Waals surface area contributed by atoms with E-state index in [4.69, 9.17) is 5.73 Å². The van der Waals surface area contributed by atoms with Crippen LogP contribution in [0, 0.1) is 0 Å². The molecule has 20 heavy (non-hydrogen) atoms. The molecule has 5 nitrogen and oxygen atoms in total. The maximum atomic E-state index is 11.6. The number of primary amides is 1. The van der Waals surface area contributed by atoms with Crippen LogP contribution in [0.3, 0.4) is 0 Å². The van der Waals surface area contributed by atoms with Crippen molar-refractivity contribution in [2.24, 2.45) is 5.73 Å². The summed E-state index contributed by atoms with van der Waals surface area (Å²) < 4.78 is 0. The summed E-state index contributed by atoms with van der Waals surface area (Å²) in [5.41, 5.74) is 6.01. The van der Waals surface area contributed by atoms with Crippen LogP contribution in [0.25, 0.3) is 0 Å². The maximum absolute atomic E-state index is 11.6. The van der Waals surface area contributed by atoms with Gasteiger partial charge < -0.3 is 16.0 Å². The Hall–Kier alpha value is -1.62. The number of rotatable bonds is 4. The molecule has 0 saturated carbocycles. The molecule has 2 aliphatic rings. The Labute approximate surface area is 119 Å². The molecular formula is C15H22N4O. The number of anilines is 1. The van der Waals surface area contributed by atoms with Crippen LogP contribution in [0.15, 0.2) is 18.3 Å². The van der Waals surface area contributed by atoms with E-state index < -0.39 is 5.91 Å². The number of amides is 1. The number of carbonyl (C=O) groups is 1. The fourth-order valence-electron chi connectivity index (χ4n) is 3.68. The van der Waals surface area contributed by atoms with Crippen LogP contribution in [-0.2, 0) is 0 Å². The summed E-state index contributed by atoms with van der Waals surface area (Å²) in [6.07, 6.45) is 6.52. The monoisotopic (exact) mass is 274 g/mol. The summed E-state index contributed by atoms with van der Waals surface area (Å²) in [5, 5.41) is 3.65. The van der Waals surface area contributed by atoms with Gasteiger partial charge in [0, 0.05) is 30.9 Å². The number of piperidine rings is 1. The number of nitrogens with zero attached hydrogens (tertiary/aromatic N) is 2. The minimum absolute atomic E-state index is 0.400. The molecule has 0 aliphatic carbocycles. The van der Waals surface area contributed by atoms with Crippen molar-refractivity contribution in [3.05, 3.63) is 23.9 Å². The summed E-state index contributed by atoms with van der Waals surface area (Å²) in [6.45, 7) is 2.96. The van der Waals surface area contributed by atoms with Crippen molar-refractivity contribution in [1.82, 2.24) is 10.3 Å². The molecule has 108 valence electrons. The normalized spacial score (nSPS) is 28.4. The van der Waals surface area contributed by atoms with Gasteiger partial charge in [0.1, 0.15) is 5.82 Å². The average Bonchev–Trinajstić information content (AvgIpc) is 2.79. The number of pyridine rings is 1. The summed E-state index contributed by atoms with van der Waals surface area (Å²) in [4.78, 5) is 18.3. The number of carbonyl (C=O) groups excluding carboxylic acids is 1. The van der Waals surface area contributed by atoms with Gasteiger partial charge >= 0.3 is 0 Å². The van der Waals surface area contributed by atoms with Crippen LogP contribution >= 0.6 is 0 Å². The third-order valence-electron chi connectivity index (χ3n) is 4.55. The molecule has 3 rings (SSSR count). The molecule has 2 unspecified atom stereocenters. The highest BCUT2D eigenvalue weighted by atomic mass is 16.1. The Morgan fingerprint density at radius 2 is 2.15 bits per heavy atom. The van der Waals surface area contributed by atoms with E-state index in [1.54, 1.807) is 18.3 Å². The van der Waals surface area contributed by atoms with Crippen LogP contribution in [0.4, 0.5) is 5.82 Å². The van der Waals surface area contributed by atoms with E-state index in [0.29, 0.717) is 23.7 Å². The van der Waals surface area contributed by atoms with Gasteiger partial charge in [-0.1, -0.05) is 0 Å². The van der Waals surface area contributed by atoms with Crippen molar-refractivity contribution in [3.63, 3.8) is 0 Å². The minimum atomic E-state index is -0.400. The zero-order valence-electron chi connectivity index (χ0n) is 11.9. The van der Waals surface area contributed by atoms with Crippen LogP contribution in [0.2, 0.25) is 0 Å². The first-order valence-electron chi connectivity index (χ1n) is 7.46. The molecular weight excluding hydrogens is 252 g/mol. The van der Waals surface area contributed by atoms with Crippen LogP contribution in [-0.4, -0.2) is 35.6 Å². The molecule has 3 N–H and O–H groups in total. The van der Waals surface area contributed by atoms with E-state index in [-0.39, 0.29) is 0 Å². The number of nitrogens with one attached hydrogen (secondary N) is 1. The molecule has 2 saturated heterocycles. The molecule has 2 aliphatic heterocycles. The fourth-order valence-corrected chi connectivity index (χ4v) is 3.68. The summed E-state index contributed by atoms with van der Waals surface area (Å²) in [5.74, 6) is 0.345. The molecule has 1 aromatic heterocycles. The fraction of sp³-hybridized carbons (Fsp3) is 0.600. The molecule has 2 bridgehead atoms. The number of hydrogen-bond donors (Lipinski definition) is 2. The van der Waals surface area contributed by atoms with Gasteiger partial charge in [0.2, 0.25) is 0 Å². The molecule has 0 aromatic carbocycles. The van der Waals surface area contributed by atoms with Gasteiger partial charge in [-0.15, -0.1) is 0 Å². The lowest BCUT2D eigenvalue weighted by molar-refractivity contribution is 0.100. The Bertz CT molecular complexity index is 492. The van der Waals surface area contributed by atoms with E-state index in [2.05, 4.69) is 22.1 Å². The minimum Gasteiger partial charge on any atom is -0.365 e. The van der Waals surface area contributed by atoms with Crippen LogP contribution in [0.1, 0.15) is 43.0 Å². The van der Waals surface area contributed by atoms with Crippen molar-refractivity contribution in [1.29, 1.82) is 0 Å². The first kappa shape index (κ1) is 13.4. The summed E-state index contributed by atoms with van der Waals surface area (Å²) in [7, 11) is 0. The highest BCUT2D eigenvalue weighted by Gasteiger charge is 2.36. The van der Waals surface area contributed by atoms with Crippen molar-refractivity contribution >= 4 is 11.7 Å². The van der Waals surface area contributed by atoms with E-state index >= 15 is 0 Å². The third kappa shape index (κ3) is 2.38. The van der Waals surface area contributed by atoms with Crippen LogP contribution < -0.4 is 16.0 Å². The smallest absolute Gasteiger partial charge is 0.252 e. The first-order valence-corrected chi connectivity index (χ1v) is 7.46. The number of fused-ring (bicyclic) bond motifs is 2. The summed E-state index contributed by atoms with van der Waals surface area (Å²) in [6, 6.07) is 5.22. The quantitative estimate of drug-likeness (QED) is 0.868. The maximum Gasteiger partial charge on any atom is 0.252 e. The predicted molar refractivity (Wildman–Crippen MR) is 78.7 cm³/mol. The second-order valence-corrected chi connectivity index (χ2v) is 5.79. The SMILES string of the molecule is CCN(c1ncccc1C(N)=O)C1CC2CCC(C1)N2. The zero-order valence-corrected chi connectivity index (χ0v) is 11.9. The molecule has 2 atom stereocenters.